The van der Waals surface area contributed by atoms with E-state index < -0.39 is 17.8 Å². The average Bonchev–Trinajstić information content (AvgIpc) is 2.83. The van der Waals surface area contributed by atoms with E-state index in [1.54, 1.807) is 4.90 Å². The fraction of sp³-hybridized carbons (Fsp3) is 0.467. The number of aliphatic carboxylic acids is 1. The molecule has 1 heterocycles. The third-order valence-corrected chi connectivity index (χ3v) is 3.98. The van der Waals surface area contributed by atoms with E-state index in [-0.39, 0.29) is 24.9 Å². The van der Waals surface area contributed by atoms with Crippen molar-refractivity contribution >= 4 is 11.9 Å². The minimum absolute atomic E-state index is 0.0225. The second-order valence-electron chi connectivity index (χ2n) is 5.36. The van der Waals surface area contributed by atoms with Gasteiger partial charge in [-0.15, -0.1) is 0 Å². The van der Waals surface area contributed by atoms with Crippen molar-refractivity contribution < 1.29 is 14.7 Å². The van der Waals surface area contributed by atoms with Crippen LogP contribution in [0.1, 0.15) is 18.4 Å². The van der Waals surface area contributed by atoms with Crippen LogP contribution in [0.15, 0.2) is 30.3 Å². The van der Waals surface area contributed by atoms with Crippen LogP contribution in [0.2, 0.25) is 0 Å². The Bertz CT molecular complexity index is 489. The van der Waals surface area contributed by atoms with Crippen LogP contribution in [0.25, 0.3) is 0 Å². The zero-order valence-electron chi connectivity index (χ0n) is 11.5. The molecule has 108 valence electrons. The number of hydrogen-bond donors (Lipinski definition) is 2. The highest BCUT2D eigenvalue weighted by Crippen LogP contribution is 2.27. The van der Waals surface area contributed by atoms with Crippen molar-refractivity contribution in [3.05, 3.63) is 35.9 Å². The summed E-state index contributed by atoms with van der Waals surface area (Å²) < 4.78 is 0. The summed E-state index contributed by atoms with van der Waals surface area (Å²) in [4.78, 5) is 25.3. The molecule has 1 aromatic rings. The van der Waals surface area contributed by atoms with E-state index in [1.165, 1.54) is 0 Å². The molecule has 3 N–H and O–H groups in total. The number of carboxylic acid groups (broad SMARTS) is 1. The van der Waals surface area contributed by atoms with Gasteiger partial charge < -0.3 is 15.7 Å². The third-order valence-electron chi connectivity index (χ3n) is 3.98. The van der Waals surface area contributed by atoms with Crippen molar-refractivity contribution in [3.8, 4) is 0 Å². The summed E-state index contributed by atoms with van der Waals surface area (Å²) in [6.45, 7) is 2.86. The Morgan fingerprint density at radius 3 is 2.50 bits per heavy atom. The van der Waals surface area contributed by atoms with Crippen molar-refractivity contribution in [3.63, 3.8) is 0 Å². The van der Waals surface area contributed by atoms with Crippen LogP contribution >= 0.6 is 0 Å². The first-order chi connectivity index (χ1) is 9.54. The van der Waals surface area contributed by atoms with Gasteiger partial charge in [0.1, 0.15) is 0 Å². The van der Waals surface area contributed by atoms with Gasteiger partial charge >= 0.3 is 5.97 Å². The summed E-state index contributed by atoms with van der Waals surface area (Å²) in [7, 11) is 0. The fourth-order valence-corrected chi connectivity index (χ4v) is 2.75. The van der Waals surface area contributed by atoms with Gasteiger partial charge in [0.05, 0.1) is 11.8 Å². The van der Waals surface area contributed by atoms with Crippen LogP contribution in [0.4, 0.5) is 0 Å². The van der Waals surface area contributed by atoms with Crippen LogP contribution in [0.5, 0.6) is 0 Å². The zero-order valence-corrected chi connectivity index (χ0v) is 11.5. The van der Waals surface area contributed by atoms with Crippen LogP contribution in [-0.4, -0.2) is 41.5 Å². The maximum Gasteiger partial charge on any atom is 0.308 e. The minimum Gasteiger partial charge on any atom is -0.481 e. The second-order valence-corrected chi connectivity index (χ2v) is 5.36. The molecule has 1 fully saturated rings. The number of rotatable bonds is 4. The van der Waals surface area contributed by atoms with Gasteiger partial charge in [-0.1, -0.05) is 37.3 Å². The number of amides is 1. The lowest BCUT2D eigenvalue weighted by molar-refractivity contribution is -0.142. The summed E-state index contributed by atoms with van der Waals surface area (Å²) in [5, 5.41) is 9.13. The fourth-order valence-electron chi connectivity index (χ4n) is 2.75. The highest BCUT2D eigenvalue weighted by Gasteiger charge is 2.38. The lowest BCUT2D eigenvalue weighted by Gasteiger charge is -2.22. The first-order valence-electron chi connectivity index (χ1n) is 6.81. The van der Waals surface area contributed by atoms with Gasteiger partial charge in [0.2, 0.25) is 5.91 Å². The van der Waals surface area contributed by atoms with E-state index >= 15 is 0 Å². The Labute approximate surface area is 118 Å². The number of nitrogens with two attached hydrogens (primary N) is 1. The van der Waals surface area contributed by atoms with Gasteiger partial charge in [-0.05, 0) is 11.5 Å². The Hall–Kier alpha value is -1.88. The predicted octanol–water partition coefficient (Wildman–Crippen LogP) is 0.908. The van der Waals surface area contributed by atoms with E-state index in [0.717, 1.165) is 5.56 Å². The molecule has 1 aliphatic heterocycles. The Morgan fingerprint density at radius 2 is 2.00 bits per heavy atom. The largest absolute Gasteiger partial charge is 0.481 e. The molecule has 1 amide bonds. The van der Waals surface area contributed by atoms with Crippen molar-refractivity contribution in [2.75, 3.05) is 19.6 Å². The molecule has 20 heavy (non-hydrogen) atoms. The van der Waals surface area contributed by atoms with E-state index in [1.807, 2.05) is 37.3 Å². The van der Waals surface area contributed by atoms with Gasteiger partial charge in [0.15, 0.2) is 0 Å². The van der Waals surface area contributed by atoms with E-state index in [9.17, 15) is 9.59 Å². The monoisotopic (exact) mass is 276 g/mol. The number of carboxylic acids is 1. The summed E-state index contributed by atoms with van der Waals surface area (Å²) >= 11 is 0. The molecule has 0 radical (unpaired) electrons. The number of carbonyl (C=O) groups excluding carboxylic acids is 1. The van der Waals surface area contributed by atoms with Crippen molar-refractivity contribution in [1.29, 1.82) is 0 Å². The first kappa shape index (κ1) is 14.5. The number of carbonyl (C=O) groups is 2. The lowest BCUT2D eigenvalue weighted by atomic mass is 9.98. The second kappa shape index (κ2) is 6.05. The third kappa shape index (κ3) is 2.82. The highest BCUT2D eigenvalue weighted by molar-refractivity contribution is 5.85. The SMILES string of the molecule is C[C@@H]1CN(C(=O)C(CN)c2ccccc2)C[C@H]1C(=O)O. The molecule has 5 nitrogen and oxygen atoms in total. The van der Waals surface area contributed by atoms with Gasteiger partial charge in [0.25, 0.3) is 0 Å². The molecule has 3 atom stereocenters. The Morgan fingerprint density at radius 1 is 1.35 bits per heavy atom. The zero-order chi connectivity index (χ0) is 14.7. The normalized spacial score (nSPS) is 23.6. The highest BCUT2D eigenvalue weighted by atomic mass is 16.4. The first-order valence-corrected chi connectivity index (χ1v) is 6.81. The van der Waals surface area contributed by atoms with E-state index in [4.69, 9.17) is 10.8 Å². The molecule has 2 rings (SSSR count). The molecule has 1 aliphatic rings. The standard InChI is InChI=1S/C15H20N2O3/c1-10-8-17(9-13(10)15(19)20)14(18)12(7-16)11-5-3-2-4-6-11/h2-6,10,12-13H,7-9,16H2,1H3,(H,19,20)/t10-,12?,13-/m1/s1. The van der Waals surface area contributed by atoms with Crippen LogP contribution in [0.3, 0.4) is 0 Å². The van der Waals surface area contributed by atoms with Crippen LogP contribution in [0, 0.1) is 11.8 Å². The molecule has 1 aromatic carbocycles. The molecule has 1 saturated heterocycles. The van der Waals surface area contributed by atoms with Crippen LogP contribution < -0.4 is 5.73 Å². The molecular formula is C15H20N2O3. The van der Waals surface area contributed by atoms with E-state index in [0.29, 0.717) is 6.54 Å². The van der Waals surface area contributed by atoms with Gasteiger partial charge in [0, 0.05) is 19.6 Å². The summed E-state index contributed by atoms with van der Waals surface area (Å²) in [5.74, 6) is -1.80. The Balaban J connectivity index is 2.13. The lowest BCUT2D eigenvalue weighted by Crippen LogP contribution is -2.37. The number of nitrogens with zero attached hydrogens (tertiary/aromatic N) is 1. The quantitative estimate of drug-likeness (QED) is 0.856. The summed E-state index contributed by atoms with van der Waals surface area (Å²) in [6, 6.07) is 9.39. The molecule has 0 aromatic heterocycles. The number of likely N-dealkylation sites (tertiary alicyclic amines) is 1. The Kier molecular flexibility index (Phi) is 4.39. The van der Waals surface area contributed by atoms with Crippen LogP contribution in [-0.2, 0) is 9.59 Å². The molecular weight excluding hydrogens is 256 g/mol. The molecule has 0 bridgehead atoms. The van der Waals surface area contributed by atoms with Crippen molar-refractivity contribution in [1.82, 2.24) is 4.90 Å². The molecule has 0 aliphatic carbocycles. The van der Waals surface area contributed by atoms with Crippen molar-refractivity contribution in [2.45, 2.75) is 12.8 Å². The van der Waals surface area contributed by atoms with Crippen molar-refractivity contribution in [2.24, 2.45) is 17.6 Å². The minimum atomic E-state index is -0.836. The summed E-state index contributed by atoms with van der Waals surface area (Å²) in [6.07, 6.45) is 0. The maximum absolute atomic E-state index is 12.5. The molecule has 0 spiro atoms. The van der Waals surface area contributed by atoms with Gasteiger partial charge in [-0.25, -0.2) is 0 Å². The number of hydrogen-bond acceptors (Lipinski definition) is 3. The average molecular weight is 276 g/mol. The molecule has 0 saturated carbocycles. The maximum atomic E-state index is 12.5. The van der Waals surface area contributed by atoms with Gasteiger partial charge in [-0.3, -0.25) is 9.59 Å². The molecule has 5 heteroatoms. The van der Waals surface area contributed by atoms with Gasteiger partial charge in [-0.2, -0.15) is 0 Å². The topological polar surface area (TPSA) is 83.6 Å². The van der Waals surface area contributed by atoms with E-state index in [2.05, 4.69) is 0 Å². The molecule has 1 unspecified atom stereocenters. The number of benzene rings is 1. The summed E-state index contributed by atoms with van der Waals surface area (Å²) in [5.41, 5.74) is 6.62. The predicted molar refractivity (Wildman–Crippen MR) is 75.1 cm³/mol. The smallest absolute Gasteiger partial charge is 0.308 e.